The minimum atomic E-state index is 0.295. The second kappa shape index (κ2) is 4.86. The van der Waals surface area contributed by atoms with Crippen LogP contribution in [0.4, 0.5) is 0 Å². The molecule has 0 nitrogen and oxygen atoms in total. The van der Waals surface area contributed by atoms with Crippen molar-refractivity contribution in [2.75, 3.05) is 0 Å². The minimum absolute atomic E-state index is 0.295. The van der Waals surface area contributed by atoms with Crippen molar-refractivity contribution in [3.8, 4) is 0 Å². The molecule has 0 saturated carbocycles. The summed E-state index contributed by atoms with van der Waals surface area (Å²) in [5.41, 5.74) is 4.76. The molecule has 0 aromatic heterocycles. The normalized spacial score (nSPS) is 27.7. The van der Waals surface area contributed by atoms with E-state index >= 15 is 0 Å². The molecule has 1 heteroatoms. The van der Waals surface area contributed by atoms with Gasteiger partial charge in [0.15, 0.2) is 0 Å². The van der Waals surface area contributed by atoms with Gasteiger partial charge in [0.1, 0.15) is 0 Å². The van der Waals surface area contributed by atoms with E-state index in [1.54, 1.807) is 16.7 Å². The molecule has 3 rings (SSSR count). The molecular weight excluding hydrogens is 228 g/mol. The number of fused-ring (bicyclic) bond motifs is 1. The lowest BCUT2D eigenvalue weighted by molar-refractivity contribution is 0.544. The van der Waals surface area contributed by atoms with E-state index in [4.69, 9.17) is 11.6 Å². The van der Waals surface area contributed by atoms with Crippen molar-refractivity contribution in [3.05, 3.63) is 47.0 Å². The molecule has 0 bridgehead atoms. The van der Waals surface area contributed by atoms with Gasteiger partial charge in [0.2, 0.25) is 0 Å². The monoisotopic (exact) mass is 246 g/mol. The van der Waals surface area contributed by atoms with Crippen molar-refractivity contribution in [2.45, 2.75) is 49.8 Å². The zero-order valence-corrected chi connectivity index (χ0v) is 10.9. The third-order valence-corrected chi connectivity index (χ3v) is 4.50. The Morgan fingerprint density at radius 3 is 2.82 bits per heavy atom. The van der Waals surface area contributed by atoms with Crippen molar-refractivity contribution >= 4 is 11.6 Å². The lowest BCUT2D eigenvalue weighted by Gasteiger charge is -2.25. The quantitative estimate of drug-likeness (QED) is 0.518. The largest absolute Gasteiger partial charge is 0.118 e. The highest BCUT2D eigenvalue weighted by atomic mass is 35.5. The van der Waals surface area contributed by atoms with E-state index < -0.39 is 0 Å². The average molecular weight is 247 g/mol. The van der Waals surface area contributed by atoms with Crippen LogP contribution in [0.25, 0.3) is 0 Å². The van der Waals surface area contributed by atoms with E-state index in [0.29, 0.717) is 5.38 Å². The predicted molar refractivity (Wildman–Crippen MR) is 73.7 cm³/mol. The van der Waals surface area contributed by atoms with Crippen molar-refractivity contribution in [2.24, 2.45) is 0 Å². The Morgan fingerprint density at radius 1 is 1.12 bits per heavy atom. The fourth-order valence-corrected chi connectivity index (χ4v) is 3.59. The fourth-order valence-electron chi connectivity index (χ4n) is 3.30. The van der Waals surface area contributed by atoms with E-state index in [-0.39, 0.29) is 0 Å². The first kappa shape index (κ1) is 11.3. The maximum atomic E-state index is 6.15. The van der Waals surface area contributed by atoms with Gasteiger partial charge in [0, 0.05) is 0 Å². The van der Waals surface area contributed by atoms with Crippen LogP contribution in [0.3, 0.4) is 0 Å². The Bertz CT molecular complexity index is 433. The molecule has 0 fully saturated rings. The van der Waals surface area contributed by atoms with Crippen LogP contribution in [0.1, 0.15) is 49.1 Å². The van der Waals surface area contributed by atoms with E-state index in [1.165, 1.54) is 32.1 Å². The van der Waals surface area contributed by atoms with Crippen LogP contribution in [0.5, 0.6) is 0 Å². The summed E-state index contributed by atoms with van der Waals surface area (Å²) in [6.45, 7) is 0. The van der Waals surface area contributed by atoms with Crippen molar-refractivity contribution < 1.29 is 0 Å². The first-order valence-electron chi connectivity index (χ1n) is 6.74. The van der Waals surface area contributed by atoms with Gasteiger partial charge in [-0.15, -0.1) is 11.6 Å². The standard InChI is InChI=1S/C16H19Cl/c17-15-9-8-12(11-15)10-14-6-3-5-13-4-1-2-7-16(13)14/h1-2,4,7,11,14-15H,3,5-6,8-10H2. The van der Waals surface area contributed by atoms with Crippen LogP contribution in [0.15, 0.2) is 35.9 Å². The Labute approximate surface area is 109 Å². The summed E-state index contributed by atoms with van der Waals surface area (Å²) in [6.07, 6.45) is 9.85. The molecule has 2 aliphatic carbocycles. The molecule has 0 radical (unpaired) electrons. The van der Waals surface area contributed by atoms with Gasteiger partial charge in [0.25, 0.3) is 0 Å². The van der Waals surface area contributed by atoms with Crippen LogP contribution in [-0.2, 0) is 6.42 Å². The van der Waals surface area contributed by atoms with Gasteiger partial charge in [-0.05, 0) is 55.6 Å². The maximum Gasteiger partial charge on any atom is 0.0521 e. The summed E-state index contributed by atoms with van der Waals surface area (Å²) in [6, 6.07) is 8.98. The summed E-state index contributed by atoms with van der Waals surface area (Å²) >= 11 is 6.15. The highest BCUT2D eigenvalue weighted by molar-refractivity contribution is 6.22. The first-order valence-corrected chi connectivity index (χ1v) is 7.18. The number of rotatable bonds is 2. The Morgan fingerprint density at radius 2 is 2.00 bits per heavy atom. The van der Waals surface area contributed by atoms with Crippen molar-refractivity contribution in [1.82, 2.24) is 0 Å². The van der Waals surface area contributed by atoms with Crippen LogP contribution in [0.2, 0.25) is 0 Å². The molecule has 2 atom stereocenters. The second-order valence-electron chi connectivity index (χ2n) is 5.37. The topological polar surface area (TPSA) is 0 Å². The van der Waals surface area contributed by atoms with Gasteiger partial charge < -0.3 is 0 Å². The van der Waals surface area contributed by atoms with Gasteiger partial charge >= 0.3 is 0 Å². The lowest BCUT2D eigenvalue weighted by atomic mass is 9.79. The summed E-state index contributed by atoms with van der Waals surface area (Å²) in [4.78, 5) is 0. The number of alkyl halides is 1. The molecule has 2 aliphatic rings. The van der Waals surface area contributed by atoms with E-state index in [9.17, 15) is 0 Å². The minimum Gasteiger partial charge on any atom is -0.118 e. The summed E-state index contributed by atoms with van der Waals surface area (Å²) in [5.74, 6) is 0.744. The summed E-state index contributed by atoms with van der Waals surface area (Å²) in [7, 11) is 0. The maximum absolute atomic E-state index is 6.15. The molecule has 0 heterocycles. The number of halogens is 1. The summed E-state index contributed by atoms with van der Waals surface area (Å²) < 4.78 is 0. The number of hydrogen-bond acceptors (Lipinski definition) is 0. The van der Waals surface area contributed by atoms with E-state index in [1.807, 2.05) is 0 Å². The van der Waals surface area contributed by atoms with Crippen molar-refractivity contribution in [1.29, 1.82) is 0 Å². The zero-order chi connectivity index (χ0) is 11.7. The zero-order valence-electron chi connectivity index (χ0n) is 10.2. The van der Waals surface area contributed by atoms with Crippen LogP contribution >= 0.6 is 11.6 Å². The van der Waals surface area contributed by atoms with E-state index in [0.717, 1.165) is 12.3 Å². The van der Waals surface area contributed by atoms with Crippen LogP contribution in [0, 0.1) is 0 Å². The number of benzene rings is 1. The second-order valence-corrected chi connectivity index (χ2v) is 5.93. The SMILES string of the molecule is ClC1C=C(CC2CCCc3ccccc32)CC1. The highest BCUT2D eigenvalue weighted by Gasteiger charge is 2.22. The third-order valence-electron chi connectivity index (χ3n) is 4.16. The molecule has 0 N–H and O–H groups in total. The molecule has 0 amide bonds. The van der Waals surface area contributed by atoms with Gasteiger partial charge in [0.05, 0.1) is 5.38 Å². The number of aryl methyl sites for hydroxylation is 1. The van der Waals surface area contributed by atoms with Gasteiger partial charge in [-0.1, -0.05) is 35.9 Å². The third kappa shape index (κ3) is 2.42. The molecule has 1 aromatic carbocycles. The van der Waals surface area contributed by atoms with Gasteiger partial charge in [-0.3, -0.25) is 0 Å². The molecule has 0 spiro atoms. The molecule has 0 saturated heterocycles. The molecule has 90 valence electrons. The Hall–Kier alpha value is -0.750. The smallest absolute Gasteiger partial charge is 0.0521 e. The molecule has 17 heavy (non-hydrogen) atoms. The van der Waals surface area contributed by atoms with E-state index in [2.05, 4.69) is 30.3 Å². The first-order chi connectivity index (χ1) is 8.33. The van der Waals surface area contributed by atoms with Gasteiger partial charge in [-0.25, -0.2) is 0 Å². The molecular formula is C16H19Cl. The van der Waals surface area contributed by atoms with Crippen LogP contribution < -0.4 is 0 Å². The molecule has 0 aliphatic heterocycles. The summed E-state index contributed by atoms with van der Waals surface area (Å²) in [5, 5.41) is 0.295. The predicted octanol–water partition coefficient (Wildman–Crippen LogP) is 4.82. The fraction of sp³-hybridized carbons (Fsp3) is 0.500. The average Bonchev–Trinajstić information content (AvgIpc) is 2.75. The number of hydrogen-bond donors (Lipinski definition) is 0. The van der Waals surface area contributed by atoms with Crippen LogP contribution in [-0.4, -0.2) is 5.38 Å². The number of allylic oxidation sites excluding steroid dienone is 2. The Balaban J connectivity index is 1.79. The molecule has 1 aromatic rings. The Kier molecular flexibility index (Phi) is 3.24. The molecule has 2 unspecified atom stereocenters. The van der Waals surface area contributed by atoms with Gasteiger partial charge in [-0.2, -0.15) is 0 Å². The van der Waals surface area contributed by atoms with Crippen molar-refractivity contribution in [3.63, 3.8) is 0 Å². The highest BCUT2D eigenvalue weighted by Crippen LogP contribution is 2.38. The lowest BCUT2D eigenvalue weighted by Crippen LogP contribution is -2.10.